The highest BCUT2D eigenvalue weighted by atomic mass is 33.1. The number of hydrogen-bond acceptors (Lipinski definition) is 6. The Kier molecular flexibility index (Phi) is 42.1. The minimum absolute atomic E-state index is 0.246. The van der Waals surface area contributed by atoms with Gasteiger partial charge in [-0.15, -0.1) is 0 Å². The molecule has 1 saturated heterocycles. The first-order chi connectivity index (χ1) is 12.5. The van der Waals surface area contributed by atoms with Crippen molar-refractivity contribution in [3.8, 4) is 0 Å². The van der Waals surface area contributed by atoms with Crippen molar-refractivity contribution in [3.63, 3.8) is 0 Å². The normalized spacial score (nSPS) is 14.9. The lowest BCUT2D eigenvalue weighted by Crippen LogP contribution is -2.12. The van der Waals surface area contributed by atoms with E-state index in [9.17, 15) is 9.59 Å². The molecule has 0 bridgehead atoms. The van der Waals surface area contributed by atoms with Gasteiger partial charge in [-0.1, -0.05) is 56.2 Å². The molecular weight excluding hydrogens is 366 g/mol. The summed E-state index contributed by atoms with van der Waals surface area (Å²) in [6.45, 7) is 14.5. The first-order valence-corrected chi connectivity index (χ1v) is 12.2. The van der Waals surface area contributed by atoms with Crippen molar-refractivity contribution >= 4 is 33.7 Å². The van der Waals surface area contributed by atoms with Crippen LogP contribution in [0.5, 0.6) is 0 Å². The van der Waals surface area contributed by atoms with Crippen LogP contribution in [0.3, 0.4) is 0 Å². The zero-order valence-electron chi connectivity index (χ0n) is 18.8. The Morgan fingerprint density at radius 3 is 1.96 bits per heavy atom. The Bertz CT molecular complexity index is 259. The molecule has 0 aromatic rings. The zero-order valence-corrected chi connectivity index (χ0v) is 20.4. The molecule has 0 N–H and O–H groups in total. The summed E-state index contributed by atoms with van der Waals surface area (Å²) >= 11 is 0. The van der Waals surface area contributed by atoms with Gasteiger partial charge in [-0.05, 0) is 39.3 Å². The van der Waals surface area contributed by atoms with Gasteiger partial charge in [0, 0.05) is 45.1 Å². The molecule has 1 atom stereocenters. The van der Waals surface area contributed by atoms with E-state index in [2.05, 4.69) is 23.6 Å². The lowest BCUT2D eigenvalue weighted by atomic mass is 10.2. The van der Waals surface area contributed by atoms with E-state index in [1.165, 1.54) is 19.5 Å². The van der Waals surface area contributed by atoms with Gasteiger partial charge in [0.15, 0.2) is 0 Å². The molecule has 0 amide bonds. The topological polar surface area (TPSA) is 46.6 Å². The molecule has 1 heterocycles. The molecule has 1 fully saturated rings. The highest BCUT2D eigenvalue weighted by Crippen LogP contribution is 2.22. The summed E-state index contributed by atoms with van der Waals surface area (Å²) in [5, 5.41) is 0. The van der Waals surface area contributed by atoms with Crippen LogP contribution >= 0.6 is 21.6 Å². The Morgan fingerprint density at radius 2 is 1.65 bits per heavy atom. The van der Waals surface area contributed by atoms with Crippen molar-refractivity contribution in [2.24, 2.45) is 5.92 Å². The van der Waals surface area contributed by atoms with Gasteiger partial charge in [-0.3, -0.25) is 4.79 Å². The maximum Gasteiger partial charge on any atom is 0.130 e. The third-order valence-corrected chi connectivity index (χ3v) is 5.29. The van der Waals surface area contributed by atoms with Gasteiger partial charge in [-0.2, -0.15) is 0 Å². The van der Waals surface area contributed by atoms with Crippen molar-refractivity contribution in [2.45, 2.75) is 67.2 Å². The number of hydrogen-bond donors (Lipinski definition) is 0. The largest absolute Gasteiger partial charge is 0.388 e. The van der Waals surface area contributed by atoms with Gasteiger partial charge in [0.2, 0.25) is 0 Å². The van der Waals surface area contributed by atoms with E-state index in [1.54, 1.807) is 42.7 Å². The minimum atomic E-state index is 0.246. The average molecular weight is 412 g/mol. The molecule has 0 aromatic carbocycles. The molecule has 26 heavy (non-hydrogen) atoms. The predicted molar refractivity (Wildman–Crippen MR) is 122 cm³/mol. The van der Waals surface area contributed by atoms with E-state index in [-0.39, 0.29) is 5.78 Å². The van der Waals surface area contributed by atoms with E-state index < -0.39 is 0 Å². The van der Waals surface area contributed by atoms with E-state index in [0.717, 1.165) is 30.1 Å². The summed E-state index contributed by atoms with van der Waals surface area (Å²) < 4.78 is 4.25. The van der Waals surface area contributed by atoms with Crippen LogP contribution in [-0.4, -0.2) is 62.8 Å². The lowest BCUT2D eigenvalue weighted by Gasteiger charge is -2.03. The van der Waals surface area contributed by atoms with Gasteiger partial charge in [0.1, 0.15) is 12.1 Å². The van der Waals surface area contributed by atoms with Crippen molar-refractivity contribution in [2.75, 3.05) is 45.9 Å². The van der Waals surface area contributed by atoms with Crippen LogP contribution in [0.4, 0.5) is 0 Å². The zero-order chi connectivity index (χ0) is 21.2. The fourth-order valence-corrected chi connectivity index (χ4v) is 3.89. The lowest BCUT2D eigenvalue weighted by molar-refractivity contribution is -0.116. The van der Waals surface area contributed by atoms with Gasteiger partial charge in [0.05, 0.1) is 0 Å². The second kappa shape index (κ2) is 32.6. The third-order valence-electron chi connectivity index (χ3n) is 2.80. The number of unbranched alkanes of at least 4 members (excludes halogenated alkanes) is 1. The minimum Gasteiger partial charge on any atom is -0.388 e. The summed E-state index contributed by atoms with van der Waals surface area (Å²) in [5.74, 6) is 3.09. The molecule has 6 heteroatoms. The van der Waals surface area contributed by atoms with E-state index >= 15 is 0 Å². The number of carbonyl (C=O) groups excluding carboxylic acids is 2. The number of likely N-dealkylation sites (tertiary alicyclic amines) is 1. The highest BCUT2D eigenvalue weighted by molar-refractivity contribution is 8.76. The monoisotopic (exact) mass is 411 g/mol. The number of aldehydes is 1. The second-order valence-electron chi connectivity index (χ2n) is 5.47. The summed E-state index contributed by atoms with van der Waals surface area (Å²) in [6, 6.07) is 0. The van der Waals surface area contributed by atoms with Gasteiger partial charge in [0.25, 0.3) is 0 Å². The van der Waals surface area contributed by atoms with Crippen molar-refractivity contribution < 1.29 is 14.3 Å². The molecule has 1 aliphatic heterocycles. The number of methoxy groups -OCH3 is 1. The Balaban J connectivity index is -0.000000146. The van der Waals surface area contributed by atoms with Crippen LogP contribution in [0.1, 0.15) is 67.2 Å². The van der Waals surface area contributed by atoms with Gasteiger partial charge in [-0.25, -0.2) is 0 Å². The van der Waals surface area contributed by atoms with Crippen molar-refractivity contribution in [3.05, 3.63) is 0 Å². The standard InChI is InChI=1S/C8H14O2S2.C6H13N.C2H6O.2C2H6/c1-8(10)4-7-12-11-6-3-2-5-9;1-6-3-4-7(2)5-6;1-3-2;2*1-2/h5H,2-4,6-7H2,1H3;6H,3-5H2,1-2H3;1-2H3;2*1-2H3. The Morgan fingerprint density at radius 1 is 1.15 bits per heavy atom. The average Bonchev–Trinajstić information content (AvgIpc) is 3.01. The smallest absolute Gasteiger partial charge is 0.130 e. The number of ether oxygens (including phenoxy) is 1. The van der Waals surface area contributed by atoms with Crippen LogP contribution in [0.15, 0.2) is 0 Å². The van der Waals surface area contributed by atoms with E-state index in [4.69, 9.17) is 0 Å². The van der Waals surface area contributed by atoms with E-state index in [0.29, 0.717) is 12.8 Å². The molecule has 1 unspecified atom stereocenters. The third kappa shape index (κ3) is 39.2. The van der Waals surface area contributed by atoms with Crippen LogP contribution in [0.2, 0.25) is 0 Å². The number of Topliss-reactive ketones (excluding diaryl/α,β-unsaturated/α-hetero) is 1. The summed E-state index contributed by atoms with van der Waals surface area (Å²) in [6.07, 6.45) is 4.60. The van der Waals surface area contributed by atoms with Crippen LogP contribution in [-0.2, 0) is 14.3 Å². The Labute approximate surface area is 172 Å². The molecule has 1 aliphatic rings. The molecule has 1 rings (SSSR count). The van der Waals surface area contributed by atoms with Crippen molar-refractivity contribution in [1.82, 2.24) is 4.90 Å². The second-order valence-corrected chi connectivity index (χ2v) is 8.17. The number of rotatable bonds is 8. The van der Waals surface area contributed by atoms with Crippen LogP contribution in [0.25, 0.3) is 0 Å². The molecule has 0 spiro atoms. The molecule has 0 radical (unpaired) electrons. The van der Waals surface area contributed by atoms with Crippen LogP contribution in [0, 0.1) is 5.92 Å². The van der Waals surface area contributed by atoms with Crippen molar-refractivity contribution in [1.29, 1.82) is 0 Å². The number of carbonyl (C=O) groups is 2. The maximum absolute atomic E-state index is 10.5. The molecule has 0 aliphatic carbocycles. The van der Waals surface area contributed by atoms with Gasteiger partial charge >= 0.3 is 0 Å². The molecular formula is C20H45NO3S2. The SMILES string of the molecule is CC.CC.CC(=O)CCSSCCCC=O.CC1CCN(C)C1.COC. The first kappa shape index (κ1) is 33.5. The molecule has 0 aromatic heterocycles. The fraction of sp³-hybridized carbons (Fsp3) is 0.900. The van der Waals surface area contributed by atoms with E-state index in [1.807, 2.05) is 27.7 Å². The summed E-state index contributed by atoms with van der Waals surface area (Å²) in [4.78, 5) is 22.8. The Hall–Kier alpha value is -0.0400. The highest BCUT2D eigenvalue weighted by Gasteiger charge is 2.13. The quantitative estimate of drug-likeness (QED) is 0.294. The predicted octanol–water partition coefficient (Wildman–Crippen LogP) is 5.60. The molecule has 0 saturated carbocycles. The molecule has 160 valence electrons. The first-order valence-electron chi connectivity index (χ1n) is 9.74. The maximum atomic E-state index is 10.5. The van der Waals surface area contributed by atoms with Gasteiger partial charge < -0.3 is 14.4 Å². The fourth-order valence-electron chi connectivity index (χ4n) is 1.68. The summed E-state index contributed by atoms with van der Waals surface area (Å²) in [5.41, 5.74) is 0. The number of nitrogens with zero attached hydrogens (tertiary/aromatic N) is 1. The van der Waals surface area contributed by atoms with Crippen LogP contribution < -0.4 is 0 Å². The number of ketones is 1. The summed E-state index contributed by atoms with van der Waals surface area (Å²) in [7, 11) is 8.89. The molecule has 4 nitrogen and oxygen atoms in total.